The minimum atomic E-state index is 0.144. The van der Waals surface area contributed by atoms with Gasteiger partial charge in [0.05, 0.1) is 0 Å². The second-order valence-corrected chi connectivity index (χ2v) is 4.74. The first-order valence-corrected chi connectivity index (χ1v) is 5.58. The van der Waals surface area contributed by atoms with Crippen LogP contribution in [0.3, 0.4) is 0 Å². The van der Waals surface area contributed by atoms with E-state index in [-0.39, 0.29) is 5.41 Å². The molecule has 0 radical (unpaired) electrons. The van der Waals surface area contributed by atoms with Crippen LogP contribution in [0.1, 0.15) is 39.2 Å². The molecule has 1 aromatic carbocycles. The Kier molecular flexibility index (Phi) is 3.82. The quantitative estimate of drug-likeness (QED) is 0.525. The number of thiocarbonyl (C=S) groups is 1. The molecule has 0 spiro atoms. The molecule has 0 atom stereocenters. The average molecular weight is 206 g/mol. The van der Waals surface area contributed by atoms with Crippen molar-refractivity contribution < 1.29 is 0 Å². The van der Waals surface area contributed by atoms with Crippen LogP contribution in [0.15, 0.2) is 30.3 Å². The van der Waals surface area contributed by atoms with Gasteiger partial charge in [-0.3, -0.25) is 0 Å². The first kappa shape index (κ1) is 11.4. The summed E-state index contributed by atoms with van der Waals surface area (Å²) in [5.74, 6) is 0. The molecule has 76 valence electrons. The van der Waals surface area contributed by atoms with Gasteiger partial charge in [0.2, 0.25) is 0 Å². The van der Waals surface area contributed by atoms with Gasteiger partial charge in [-0.15, -0.1) is 0 Å². The molecule has 0 amide bonds. The van der Waals surface area contributed by atoms with E-state index in [1.807, 2.05) is 18.2 Å². The predicted molar refractivity (Wildman–Crippen MR) is 66.8 cm³/mol. The third-order valence-electron chi connectivity index (χ3n) is 2.53. The topological polar surface area (TPSA) is 0 Å². The fourth-order valence-corrected chi connectivity index (χ4v) is 1.96. The highest BCUT2D eigenvalue weighted by atomic mass is 32.1. The van der Waals surface area contributed by atoms with Gasteiger partial charge in [0.15, 0.2) is 0 Å². The zero-order chi connectivity index (χ0) is 10.6. The highest BCUT2D eigenvalue weighted by Crippen LogP contribution is 2.28. The monoisotopic (exact) mass is 206 g/mol. The predicted octanol–water partition coefficient (Wildman–Crippen LogP) is 4.23. The minimum Gasteiger partial charge on any atom is -0.0837 e. The summed E-state index contributed by atoms with van der Waals surface area (Å²) in [5, 5.41) is 0. The van der Waals surface area contributed by atoms with Crippen LogP contribution in [0.5, 0.6) is 0 Å². The van der Waals surface area contributed by atoms with Gasteiger partial charge in [0, 0.05) is 10.3 Å². The zero-order valence-electron chi connectivity index (χ0n) is 9.21. The molecular weight excluding hydrogens is 188 g/mol. The molecule has 0 aliphatic heterocycles. The van der Waals surface area contributed by atoms with Gasteiger partial charge in [-0.05, 0) is 12.0 Å². The van der Waals surface area contributed by atoms with E-state index in [1.165, 1.54) is 12.0 Å². The maximum Gasteiger partial charge on any atom is 0.0280 e. The van der Waals surface area contributed by atoms with E-state index >= 15 is 0 Å². The Hall–Kier alpha value is -0.690. The van der Waals surface area contributed by atoms with Crippen molar-refractivity contribution in [2.24, 2.45) is 5.41 Å². The summed E-state index contributed by atoms with van der Waals surface area (Å²) in [6, 6.07) is 10.3. The van der Waals surface area contributed by atoms with Crippen molar-refractivity contribution in [1.82, 2.24) is 0 Å². The van der Waals surface area contributed by atoms with E-state index in [0.717, 1.165) is 11.3 Å². The first-order chi connectivity index (χ1) is 6.58. The Labute approximate surface area is 92.3 Å². The molecule has 0 saturated carbocycles. The number of hydrogen-bond donors (Lipinski definition) is 0. The molecule has 0 aliphatic carbocycles. The number of benzene rings is 1. The van der Waals surface area contributed by atoms with E-state index in [0.29, 0.717) is 0 Å². The second kappa shape index (κ2) is 4.70. The van der Waals surface area contributed by atoms with E-state index in [1.54, 1.807) is 0 Å². The summed E-state index contributed by atoms with van der Waals surface area (Å²) < 4.78 is 0. The minimum absolute atomic E-state index is 0.144. The highest BCUT2D eigenvalue weighted by molar-refractivity contribution is 7.81. The molecule has 0 heterocycles. The van der Waals surface area contributed by atoms with Crippen molar-refractivity contribution in [1.29, 1.82) is 0 Å². The average Bonchev–Trinajstić information content (AvgIpc) is 2.18. The van der Waals surface area contributed by atoms with Crippen molar-refractivity contribution in [3.63, 3.8) is 0 Å². The third kappa shape index (κ3) is 2.65. The Bertz CT molecular complexity index is 298. The number of rotatable bonds is 4. The van der Waals surface area contributed by atoms with E-state index in [2.05, 4.69) is 32.9 Å². The summed E-state index contributed by atoms with van der Waals surface area (Å²) in [6.07, 6.45) is 2.33. The fraction of sp³-hybridized carbons (Fsp3) is 0.462. The van der Waals surface area contributed by atoms with Gasteiger partial charge in [-0.1, -0.05) is 69.7 Å². The summed E-state index contributed by atoms with van der Waals surface area (Å²) >= 11 is 5.52. The van der Waals surface area contributed by atoms with Crippen molar-refractivity contribution in [3.8, 4) is 0 Å². The smallest absolute Gasteiger partial charge is 0.0280 e. The van der Waals surface area contributed by atoms with Crippen LogP contribution in [-0.2, 0) is 0 Å². The molecular formula is C13H18S. The van der Waals surface area contributed by atoms with Gasteiger partial charge < -0.3 is 0 Å². The molecule has 1 heteroatoms. The third-order valence-corrected chi connectivity index (χ3v) is 3.31. The van der Waals surface area contributed by atoms with Crippen LogP contribution in [-0.4, -0.2) is 4.86 Å². The molecule has 0 saturated heterocycles. The first-order valence-electron chi connectivity index (χ1n) is 5.18. The van der Waals surface area contributed by atoms with Crippen molar-refractivity contribution >= 4 is 17.1 Å². The maximum atomic E-state index is 5.52. The molecule has 0 bridgehead atoms. The van der Waals surface area contributed by atoms with Gasteiger partial charge in [0.1, 0.15) is 0 Å². The summed E-state index contributed by atoms with van der Waals surface area (Å²) in [7, 11) is 0. The van der Waals surface area contributed by atoms with Gasteiger partial charge in [0.25, 0.3) is 0 Å². The summed E-state index contributed by atoms with van der Waals surface area (Å²) in [4.78, 5) is 1.08. The molecule has 0 N–H and O–H groups in total. The lowest BCUT2D eigenvalue weighted by atomic mass is 9.81. The van der Waals surface area contributed by atoms with E-state index < -0.39 is 0 Å². The summed E-state index contributed by atoms with van der Waals surface area (Å²) in [5.41, 5.74) is 1.34. The van der Waals surface area contributed by atoms with Gasteiger partial charge >= 0.3 is 0 Å². The molecule has 0 aromatic heterocycles. The Morgan fingerprint density at radius 1 is 1.21 bits per heavy atom. The highest BCUT2D eigenvalue weighted by Gasteiger charge is 2.23. The standard InChI is InChI=1S/C13H18S/c1-4-10-13(2,3)12(14)11-8-6-5-7-9-11/h5-9H,4,10H2,1-3H3. The molecule has 0 nitrogen and oxygen atoms in total. The molecule has 0 fully saturated rings. The van der Waals surface area contributed by atoms with Crippen LogP contribution in [0.4, 0.5) is 0 Å². The Balaban J connectivity index is 2.85. The molecule has 14 heavy (non-hydrogen) atoms. The van der Waals surface area contributed by atoms with Crippen molar-refractivity contribution in [2.75, 3.05) is 0 Å². The molecule has 1 aromatic rings. The molecule has 0 aliphatic rings. The number of hydrogen-bond acceptors (Lipinski definition) is 1. The largest absolute Gasteiger partial charge is 0.0837 e. The van der Waals surface area contributed by atoms with E-state index in [4.69, 9.17) is 12.2 Å². The fourth-order valence-electron chi connectivity index (χ4n) is 1.72. The van der Waals surface area contributed by atoms with E-state index in [9.17, 15) is 0 Å². The maximum absolute atomic E-state index is 5.52. The zero-order valence-corrected chi connectivity index (χ0v) is 10.0. The lowest BCUT2D eigenvalue weighted by Gasteiger charge is -2.25. The lowest BCUT2D eigenvalue weighted by molar-refractivity contribution is 0.476. The molecule has 1 rings (SSSR count). The van der Waals surface area contributed by atoms with Crippen LogP contribution < -0.4 is 0 Å². The van der Waals surface area contributed by atoms with Gasteiger partial charge in [-0.25, -0.2) is 0 Å². The van der Waals surface area contributed by atoms with Crippen LogP contribution >= 0.6 is 12.2 Å². The van der Waals surface area contributed by atoms with Crippen molar-refractivity contribution in [2.45, 2.75) is 33.6 Å². The van der Waals surface area contributed by atoms with Crippen LogP contribution in [0.2, 0.25) is 0 Å². The molecule has 0 unspecified atom stereocenters. The van der Waals surface area contributed by atoms with Crippen LogP contribution in [0.25, 0.3) is 0 Å². The lowest BCUT2D eigenvalue weighted by Crippen LogP contribution is -2.22. The Morgan fingerprint density at radius 3 is 2.29 bits per heavy atom. The normalized spacial score (nSPS) is 11.4. The Morgan fingerprint density at radius 2 is 1.79 bits per heavy atom. The SMILES string of the molecule is CCCC(C)(C)C(=S)c1ccccc1. The van der Waals surface area contributed by atoms with Crippen LogP contribution in [0, 0.1) is 5.41 Å². The summed E-state index contributed by atoms with van der Waals surface area (Å²) in [6.45, 7) is 6.66. The van der Waals surface area contributed by atoms with Gasteiger partial charge in [-0.2, -0.15) is 0 Å². The van der Waals surface area contributed by atoms with Crippen molar-refractivity contribution in [3.05, 3.63) is 35.9 Å². The second-order valence-electron chi connectivity index (χ2n) is 4.33.